The Labute approximate surface area is 154 Å². The van der Waals surface area contributed by atoms with E-state index in [1.165, 1.54) is 16.8 Å². The monoisotopic (exact) mass is 347 g/mol. The van der Waals surface area contributed by atoms with Gasteiger partial charge in [0.2, 0.25) is 0 Å². The van der Waals surface area contributed by atoms with Crippen LogP contribution in [0, 0.1) is 0 Å². The molecule has 1 aliphatic heterocycles. The van der Waals surface area contributed by atoms with Crippen LogP contribution in [0.4, 0.5) is 5.69 Å². The second-order valence-corrected chi connectivity index (χ2v) is 6.72. The lowest BCUT2D eigenvalue weighted by Crippen LogP contribution is -2.29. The summed E-state index contributed by atoms with van der Waals surface area (Å²) >= 11 is 0. The molecular weight excluding hydrogens is 322 g/mol. The van der Waals surface area contributed by atoms with Crippen LogP contribution in [0.25, 0.3) is 11.0 Å². The summed E-state index contributed by atoms with van der Waals surface area (Å²) in [6.07, 6.45) is 10.8. The molecular formula is C21H25N5. The molecule has 0 spiro atoms. The van der Waals surface area contributed by atoms with Crippen molar-refractivity contribution >= 4 is 16.7 Å². The van der Waals surface area contributed by atoms with Gasteiger partial charge in [-0.2, -0.15) is 5.10 Å². The van der Waals surface area contributed by atoms with Gasteiger partial charge in [-0.25, -0.2) is 4.98 Å². The van der Waals surface area contributed by atoms with Crippen LogP contribution in [0.5, 0.6) is 0 Å². The zero-order valence-electron chi connectivity index (χ0n) is 15.1. The number of imidazole rings is 1. The fraction of sp³-hybridized carbons (Fsp3) is 0.333. The van der Waals surface area contributed by atoms with Gasteiger partial charge < -0.3 is 9.47 Å². The molecule has 2 aromatic heterocycles. The van der Waals surface area contributed by atoms with Crippen LogP contribution in [0.2, 0.25) is 0 Å². The third-order valence-corrected chi connectivity index (χ3v) is 5.06. The number of aromatic nitrogens is 4. The van der Waals surface area contributed by atoms with Crippen LogP contribution in [0.1, 0.15) is 17.8 Å². The molecule has 5 heteroatoms. The number of fused-ring (bicyclic) bond motifs is 3. The van der Waals surface area contributed by atoms with Gasteiger partial charge in [0.25, 0.3) is 0 Å². The first-order chi connectivity index (χ1) is 12.8. The maximum Gasteiger partial charge on any atom is 0.112 e. The lowest BCUT2D eigenvalue weighted by atomic mass is 10.00. The van der Waals surface area contributed by atoms with Crippen molar-refractivity contribution in [3.05, 3.63) is 67.3 Å². The van der Waals surface area contributed by atoms with Gasteiger partial charge in [0.15, 0.2) is 0 Å². The zero-order valence-corrected chi connectivity index (χ0v) is 15.1. The van der Waals surface area contributed by atoms with Crippen molar-refractivity contribution in [2.45, 2.75) is 32.4 Å². The van der Waals surface area contributed by atoms with Crippen LogP contribution < -0.4 is 4.90 Å². The molecule has 5 nitrogen and oxygen atoms in total. The largest absolute Gasteiger partial charge is 0.368 e. The van der Waals surface area contributed by atoms with Gasteiger partial charge >= 0.3 is 0 Å². The molecule has 0 saturated carbocycles. The lowest BCUT2D eigenvalue weighted by molar-refractivity contribution is 0.586. The van der Waals surface area contributed by atoms with E-state index in [1.54, 1.807) is 0 Å². The topological polar surface area (TPSA) is 38.9 Å². The first kappa shape index (κ1) is 16.6. The maximum absolute atomic E-state index is 5.06. The van der Waals surface area contributed by atoms with E-state index in [0.29, 0.717) is 0 Å². The van der Waals surface area contributed by atoms with Crippen LogP contribution in [0.15, 0.2) is 55.9 Å². The summed E-state index contributed by atoms with van der Waals surface area (Å²) < 4.78 is 4.25. The normalized spacial score (nSPS) is 13.8. The van der Waals surface area contributed by atoms with Crippen molar-refractivity contribution in [2.75, 3.05) is 18.0 Å². The first-order valence-electron chi connectivity index (χ1n) is 9.27. The summed E-state index contributed by atoms with van der Waals surface area (Å²) in [6, 6.07) is 6.42. The number of hydrogen-bond acceptors (Lipinski definition) is 3. The molecule has 0 N–H and O–H groups in total. The number of allylic oxidation sites excluding steroid dienone is 1. The zero-order chi connectivity index (χ0) is 17.9. The summed E-state index contributed by atoms with van der Waals surface area (Å²) in [5.41, 5.74) is 5.04. The molecule has 134 valence electrons. The molecule has 3 aromatic rings. The molecule has 0 atom stereocenters. The van der Waals surface area contributed by atoms with E-state index in [2.05, 4.69) is 39.9 Å². The highest BCUT2D eigenvalue weighted by atomic mass is 15.3. The molecule has 1 aromatic carbocycles. The Balaban J connectivity index is 1.76. The van der Waals surface area contributed by atoms with Crippen LogP contribution in [-0.4, -0.2) is 32.4 Å². The fourth-order valence-corrected chi connectivity index (χ4v) is 3.91. The van der Waals surface area contributed by atoms with E-state index >= 15 is 0 Å². The van der Waals surface area contributed by atoms with Crippen LogP contribution in [0.3, 0.4) is 0 Å². The number of rotatable bonds is 7. The van der Waals surface area contributed by atoms with Gasteiger partial charge in [-0.15, -0.1) is 13.2 Å². The Morgan fingerprint density at radius 1 is 1.15 bits per heavy atom. The minimum absolute atomic E-state index is 0.778. The molecule has 0 aliphatic carbocycles. The predicted octanol–water partition coefficient (Wildman–Crippen LogP) is 3.60. The molecule has 3 heterocycles. The average molecular weight is 347 g/mol. The van der Waals surface area contributed by atoms with E-state index in [9.17, 15) is 0 Å². The second kappa shape index (κ2) is 7.20. The van der Waals surface area contributed by atoms with Crippen molar-refractivity contribution in [1.29, 1.82) is 0 Å². The Morgan fingerprint density at radius 2 is 2.04 bits per heavy atom. The van der Waals surface area contributed by atoms with Crippen molar-refractivity contribution in [3.8, 4) is 0 Å². The first-order valence-corrected chi connectivity index (χ1v) is 9.27. The number of aryl methyl sites for hydroxylation is 3. The quantitative estimate of drug-likeness (QED) is 0.613. The Bertz CT molecular complexity index is 920. The molecule has 0 fully saturated rings. The van der Waals surface area contributed by atoms with Gasteiger partial charge in [-0.05, 0) is 31.0 Å². The van der Waals surface area contributed by atoms with Gasteiger partial charge in [0.1, 0.15) is 5.82 Å². The maximum atomic E-state index is 5.06. The summed E-state index contributed by atoms with van der Waals surface area (Å²) in [4.78, 5) is 7.46. The molecule has 4 rings (SSSR count). The van der Waals surface area contributed by atoms with Crippen molar-refractivity contribution < 1.29 is 0 Å². The molecule has 0 radical (unpaired) electrons. The summed E-state index contributed by atoms with van der Waals surface area (Å²) in [5, 5.41) is 4.30. The third-order valence-electron chi connectivity index (χ3n) is 5.06. The SMILES string of the molecule is C=CCN1CCCc2c1ccc1c2nc(CCn2cccn2)n1CC=C. The highest BCUT2D eigenvalue weighted by molar-refractivity contribution is 5.86. The highest BCUT2D eigenvalue weighted by Gasteiger charge is 2.21. The lowest BCUT2D eigenvalue weighted by Gasteiger charge is -2.30. The van der Waals surface area contributed by atoms with E-state index in [-0.39, 0.29) is 0 Å². The highest BCUT2D eigenvalue weighted by Crippen LogP contribution is 2.33. The van der Waals surface area contributed by atoms with Crippen LogP contribution >= 0.6 is 0 Å². The fourth-order valence-electron chi connectivity index (χ4n) is 3.91. The number of benzene rings is 1. The van der Waals surface area contributed by atoms with Gasteiger partial charge in [0, 0.05) is 56.2 Å². The van der Waals surface area contributed by atoms with Gasteiger partial charge in [0.05, 0.1) is 11.0 Å². The van der Waals surface area contributed by atoms with Crippen molar-refractivity contribution in [2.24, 2.45) is 0 Å². The molecule has 0 unspecified atom stereocenters. The molecule has 0 amide bonds. The summed E-state index contributed by atoms with van der Waals surface area (Å²) in [6.45, 7) is 11.4. The van der Waals surface area contributed by atoms with Crippen LogP contribution in [-0.2, 0) is 25.9 Å². The summed E-state index contributed by atoms with van der Waals surface area (Å²) in [7, 11) is 0. The minimum atomic E-state index is 0.778. The van der Waals surface area contributed by atoms with Gasteiger partial charge in [-0.3, -0.25) is 4.68 Å². The number of anilines is 1. The van der Waals surface area contributed by atoms with E-state index < -0.39 is 0 Å². The van der Waals surface area contributed by atoms with Crippen molar-refractivity contribution in [1.82, 2.24) is 19.3 Å². The predicted molar refractivity (Wildman–Crippen MR) is 107 cm³/mol. The Hall–Kier alpha value is -2.82. The number of nitrogens with zero attached hydrogens (tertiary/aromatic N) is 5. The smallest absolute Gasteiger partial charge is 0.112 e. The van der Waals surface area contributed by atoms with E-state index in [4.69, 9.17) is 4.98 Å². The standard InChI is InChI=1S/C21H25N5/c1-3-12-24-14-5-7-17-18(24)8-9-19-21(17)23-20(26(19)13-4-2)10-16-25-15-6-11-22-25/h3-4,6,8-9,11,15H,1-2,5,7,10,12-14,16H2. The summed E-state index contributed by atoms with van der Waals surface area (Å²) in [5.74, 6) is 1.10. The van der Waals surface area contributed by atoms with Crippen molar-refractivity contribution in [3.63, 3.8) is 0 Å². The minimum Gasteiger partial charge on any atom is -0.368 e. The average Bonchev–Trinajstić information content (AvgIpc) is 3.29. The molecule has 1 aliphatic rings. The molecule has 26 heavy (non-hydrogen) atoms. The van der Waals surface area contributed by atoms with Gasteiger partial charge in [-0.1, -0.05) is 12.2 Å². The Kier molecular flexibility index (Phi) is 4.61. The van der Waals surface area contributed by atoms with E-state index in [0.717, 1.165) is 56.8 Å². The van der Waals surface area contributed by atoms with E-state index in [1.807, 2.05) is 35.3 Å². The second-order valence-electron chi connectivity index (χ2n) is 6.72. The number of hydrogen-bond donors (Lipinski definition) is 0. The Morgan fingerprint density at radius 3 is 2.81 bits per heavy atom. The molecule has 0 bridgehead atoms. The third kappa shape index (κ3) is 2.94. The molecule has 0 saturated heterocycles.